The van der Waals surface area contributed by atoms with Crippen molar-refractivity contribution in [3.63, 3.8) is 0 Å². The second kappa shape index (κ2) is 4.44. The van der Waals surface area contributed by atoms with Gasteiger partial charge in [-0.3, -0.25) is 0 Å². The third-order valence-corrected chi connectivity index (χ3v) is 2.77. The average Bonchev–Trinajstić information content (AvgIpc) is 2.14. The van der Waals surface area contributed by atoms with Crippen molar-refractivity contribution < 1.29 is 13.6 Å². The fraction of sp³-hybridized carbons (Fsp3) is 0.300. The number of aryl methyl sites for hydroxylation is 1. The van der Waals surface area contributed by atoms with E-state index in [0.717, 1.165) is 11.8 Å². The SMILES string of the molecule is Cc1ccccc1/C(CS(C)(=O)=O)=N\O. The Balaban J connectivity index is 3.11. The molecule has 82 valence electrons. The van der Waals surface area contributed by atoms with Crippen molar-refractivity contribution in [3.05, 3.63) is 35.4 Å². The van der Waals surface area contributed by atoms with Crippen molar-refractivity contribution in [2.24, 2.45) is 5.16 Å². The topological polar surface area (TPSA) is 66.7 Å². The van der Waals surface area contributed by atoms with Gasteiger partial charge in [0.15, 0.2) is 9.84 Å². The predicted molar refractivity (Wildman–Crippen MR) is 59.2 cm³/mol. The van der Waals surface area contributed by atoms with Crippen molar-refractivity contribution in [2.75, 3.05) is 12.0 Å². The normalized spacial score (nSPS) is 12.8. The molecule has 0 fully saturated rings. The first-order chi connectivity index (χ1) is 6.94. The lowest BCUT2D eigenvalue weighted by Crippen LogP contribution is -2.16. The minimum absolute atomic E-state index is 0.176. The molecule has 1 aromatic carbocycles. The zero-order chi connectivity index (χ0) is 11.5. The van der Waals surface area contributed by atoms with Crippen LogP contribution >= 0.6 is 0 Å². The molecule has 1 aromatic rings. The monoisotopic (exact) mass is 227 g/mol. The molecule has 0 heterocycles. The largest absolute Gasteiger partial charge is 0.411 e. The molecule has 0 aliphatic rings. The van der Waals surface area contributed by atoms with E-state index >= 15 is 0 Å². The van der Waals surface area contributed by atoms with Crippen LogP contribution in [0.4, 0.5) is 0 Å². The summed E-state index contributed by atoms with van der Waals surface area (Å²) in [5, 5.41) is 11.8. The molecule has 15 heavy (non-hydrogen) atoms. The van der Waals surface area contributed by atoms with Crippen LogP contribution in [0.3, 0.4) is 0 Å². The smallest absolute Gasteiger partial charge is 0.153 e. The van der Waals surface area contributed by atoms with Gasteiger partial charge in [0.25, 0.3) is 0 Å². The van der Waals surface area contributed by atoms with Gasteiger partial charge in [0.05, 0.1) is 5.75 Å². The van der Waals surface area contributed by atoms with Crippen LogP contribution in [0.5, 0.6) is 0 Å². The third kappa shape index (κ3) is 3.36. The summed E-state index contributed by atoms with van der Waals surface area (Å²) in [6, 6.07) is 7.18. The summed E-state index contributed by atoms with van der Waals surface area (Å²) in [4.78, 5) is 0. The lowest BCUT2D eigenvalue weighted by atomic mass is 10.1. The molecule has 0 spiro atoms. The average molecular weight is 227 g/mol. The molecule has 0 aliphatic carbocycles. The van der Waals surface area contributed by atoms with Crippen LogP contribution in [0, 0.1) is 6.92 Å². The second-order valence-electron chi connectivity index (χ2n) is 3.43. The molecule has 0 unspecified atom stereocenters. The molecule has 5 heteroatoms. The van der Waals surface area contributed by atoms with Gasteiger partial charge < -0.3 is 5.21 Å². The van der Waals surface area contributed by atoms with Gasteiger partial charge in [-0.25, -0.2) is 8.42 Å². The van der Waals surface area contributed by atoms with Gasteiger partial charge in [-0.1, -0.05) is 29.4 Å². The van der Waals surface area contributed by atoms with Crippen LogP contribution in [0.15, 0.2) is 29.4 Å². The van der Waals surface area contributed by atoms with Gasteiger partial charge in [0.1, 0.15) is 5.71 Å². The Bertz CT molecular complexity index is 477. The quantitative estimate of drug-likeness (QED) is 0.479. The second-order valence-corrected chi connectivity index (χ2v) is 5.57. The van der Waals surface area contributed by atoms with Gasteiger partial charge >= 0.3 is 0 Å². The molecular weight excluding hydrogens is 214 g/mol. The molecule has 1 N–H and O–H groups in total. The maximum Gasteiger partial charge on any atom is 0.153 e. The van der Waals surface area contributed by atoms with E-state index in [0.29, 0.717) is 5.56 Å². The Hall–Kier alpha value is -1.36. The Morgan fingerprint density at radius 3 is 2.47 bits per heavy atom. The molecule has 0 amide bonds. The Labute approximate surface area is 89.2 Å². The van der Waals surface area contributed by atoms with Crippen LogP contribution < -0.4 is 0 Å². The standard InChI is InChI=1S/C10H13NO3S/c1-8-5-3-4-6-9(8)10(11-12)7-15(2,13)14/h3-6,12H,7H2,1-2H3/b11-10-. The van der Waals surface area contributed by atoms with Gasteiger partial charge in [0, 0.05) is 11.8 Å². The van der Waals surface area contributed by atoms with Gasteiger partial charge in [-0.2, -0.15) is 0 Å². The maximum atomic E-state index is 11.1. The zero-order valence-electron chi connectivity index (χ0n) is 8.64. The molecule has 4 nitrogen and oxygen atoms in total. The van der Waals surface area contributed by atoms with Crippen molar-refractivity contribution in [1.29, 1.82) is 0 Å². The number of hydrogen-bond acceptors (Lipinski definition) is 4. The number of rotatable bonds is 3. The number of oxime groups is 1. The van der Waals surface area contributed by atoms with E-state index < -0.39 is 9.84 Å². The maximum absolute atomic E-state index is 11.1. The predicted octanol–water partition coefficient (Wildman–Crippen LogP) is 1.22. The number of nitrogens with zero attached hydrogens (tertiary/aromatic N) is 1. The van der Waals surface area contributed by atoms with E-state index in [2.05, 4.69) is 5.16 Å². The Morgan fingerprint density at radius 2 is 2.00 bits per heavy atom. The first-order valence-corrected chi connectivity index (χ1v) is 6.45. The first kappa shape index (κ1) is 11.7. The highest BCUT2D eigenvalue weighted by Gasteiger charge is 2.13. The molecule has 0 aromatic heterocycles. The number of benzene rings is 1. The Kier molecular flexibility index (Phi) is 3.47. The van der Waals surface area contributed by atoms with E-state index in [-0.39, 0.29) is 11.5 Å². The van der Waals surface area contributed by atoms with E-state index in [4.69, 9.17) is 5.21 Å². The number of sulfone groups is 1. The summed E-state index contributed by atoms with van der Waals surface area (Å²) in [7, 11) is -3.19. The van der Waals surface area contributed by atoms with Crippen molar-refractivity contribution in [3.8, 4) is 0 Å². The summed E-state index contributed by atoms with van der Waals surface area (Å²) < 4.78 is 22.2. The van der Waals surface area contributed by atoms with E-state index in [1.807, 2.05) is 19.1 Å². The highest BCUT2D eigenvalue weighted by Crippen LogP contribution is 2.09. The van der Waals surface area contributed by atoms with Crippen molar-refractivity contribution >= 4 is 15.5 Å². The first-order valence-electron chi connectivity index (χ1n) is 4.38. The van der Waals surface area contributed by atoms with E-state index in [9.17, 15) is 8.42 Å². The minimum Gasteiger partial charge on any atom is -0.411 e. The van der Waals surface area contributed by atoms with Gasteiger partial charge in [-0.05, 0) is 12.5 Å². The molecule has 0 saturated carbocycles. The van der Waals surface area contributed by atoms with E-state index in [1.54, 1.807) is 12.1 Å². The minimum atomic E-state index is -3.19. The fourth-order valence-electron chi connectivity index (χ4n) is 1.31. The van der Waals surface area contributed by atoms with E-state index in [1.165, 1.54) is 0 Å². The van der Waals surface area contributed by atoms with Gasteiger partial charge in [0.2, 0.25) is 0 Å². The molecular formula is C10H13NO3S. The van der Waals surface area contributed by atoms with Crippen LogP contribution in [-0.2, 0) is 9.84 Å². The van der Waals surface area contributed by atoms with Crippen LogP contribution in [0.1, 0.15) is 11.1 Å². The summed E-state index contributed by atoms with van der Waals surface area (Å²) in [6.07, 6.45) is 1.11. The summed E-state index contributed by atoms with van der Waals surface area (Å²) >= 11 is 0. The Morgan fingerprint density at radius 1 is 1.40 bits per heavy atom. The summed E-state index contributed by atoms with van der Waals surface area (Å²) in [5.74, 6) is -0.256. The lowest BCUT2D eigenvalue weighted by molar-refractivity contribution is 0.319. The van der Waals surface area contributed by atoms with Crippen molar-refractivity contribution in [2.45, 2.75) is 6.92 Å². The molecule has 0 atom stereocenters. The highest BCUT2D eigenvalue weighted by molar-refractivity contribution is 7.91. The third-order valence-electron chi connectivity index (χ3n) is 1.98. The van der Waals surface area contributed by atoms with Crippen LogP contribution in [0.2, 0.25) is 0 Å². The zero-order valence-corrected chi connectivity index (χ0v) is 9.45. The van der Waals surface area contributed by atoms with Crippen LogP contribution in [0.25, 0.3) is 0 Å². The highest BCUT2D eigenvalue weighted by atomic mass is 32.2. The molecule has 0 saturated heterocycles. The molecule has 0 bridgehead atoms. The number of hydrogen-bond donors (Lipinski definition) is 1. The fourth-order valence-corrected chi connectivity index (χ4v) is 2.02. The van der Waals surface area contributed by atoms with Crippen LogP contribution in [-0.4, -0.2) is 31.3 Å². The van der Waals surface area contributed by atoms with Gasteiger partial charge in [-0.15, -0.1) is 0 Å². The molecule has 0 aliphatic heterocycles. The summed E-state index contributed by atoms with van der Waals surface area (Å²) in [5.41, 5.74) is 1.72. The molecule has 1 rings (SSSR count). The molecule has 0 radical (unpaired) electrons. The van der Waals surface area contributed by atoms with Crippen molar-refractivity contribution in [1.82, 2.24) is 0 Å². The summed E-state index contributed by atoms with van der Waals surface area (Å²) in [6.45, 7) is 1.84. The lowest BCUT2D eigenvalue weighted by Gasteiger charge is -2.06.